The Hall–Kier alpha value is -1.93. The second kappa shape index (κ2) is 11.2. The summed E-state index contributed by atoms with van der Waals surface area (Å²) in [6.45, 7) is 5.61. The van der Waals surface area contributed by atoms with Crippen molar-refractivity contribution < 1.29 is 4.57 Å². The quantitative estimate of drug-likeness (QED) is 0.255. The van der Waals surface area contributed by atoms with Crippen molar-refractivity contribution in [2.75, 3.05) is 0 Å². The zero-order valence-electron chi connectivity index (χ0n) is 17.5. The molecule has 1 nitrogen and oxygen atoms in total. The third-order valence-electron chi connectivity index (χ3n) is 5.49. The SMILES string of the molecule is Cc1cc(CCCCCC[n+]2ccc(CCCc3ccccc3)cc2)c(C)s1. The van der Waals surface area contributed by atoms with Gasteiger partial charge in [0.15, 0.2) is 12.4 Å². The third kappa shape index (κ3) is 6.91. The molecule has 0 N–H and O–H groups in total. The summed E-state index contributed by atoms with van der Waals surface area (Å²) in [6, 6.07) is 17.8. The maximum Gasteiger partial charge on any atom is 0.169 e. The molecule has 0 atom stereocenters. The third-order valence-corrected chi connectivity index (χ3v) is 6.50. The Kier molecular flexibility index (Phi) is 8.29. The average Bonchev–Trinajstić information content (AvgIpc) is 3.03. The maximum absolute atomic E-state index is 2.37. The van der Waals surface area contributed by atoms with Crippen LogP contribution in [0.3, 0.4) is 0 Å². The first-order valence-electron chi connectivity index (χ1n) is 10.8. The number of pyridine rings is 1. The highest BCUT2D eigenvalue weighted by atomic mass is 32.1. The molecule has 3 aromatic rings. The number of benzene rings is 1. The summed E-state index contributed by atoms with van der Waals surface area (Å²) >= 11 is 1.94. The first-order valence-corrected chi connectivity index (χ1v) is 11.6. The van der Waals surface area contributed by atoms with Gasteiger partial charge in [-0.1, -0.05) is 36.8 Å². The molecule has 1 aromatic carbocycles. The number of rotatable bonds is 11. The van der Waals surface area contributed by atoms with Gasteiger partial charge in [-0.05, 0) is 75.1 Å². The summed E-state index contributed by atoms with van der Waals surface area (Å²) < 4.78 is 2.34. The second-order valence-electron chi connectivity index (χ2n) is 7.89. The van der Waals surface area contributed by atoms with Crippen LogP contribution in [0.15, 0.2) is 60.9 Å². The minimum atomic E-state index is 1.14. The molecule has 0 saturated heterocycles. The summed E-state index contributed by atoms with van der Waals surface area (Å²) in [5, 5.41) is 0. The van der Waals surface area contributed by atoms with Crippen molar-refractivity contribution in [2.24, 2.45) is 0 Å². The van der Waals surface area contributed by atoms with Crippen LogP contribution in [-0.4, -0.2) is 0 Å². The van der Waals surface area contributed by atoms with Gasteiger partial charge in [0.2, 0.25) is 0 Å². The van der Waals surface area contributed by atoms with Crippen molar-refractivity contribution in [1.82, 2.24) is 0 Å². The smallest absolute Gasteiger partial charge is 0.169 e. The van der Waals surface area contributed by atoms with Crippen LogP contribution in [-0.2, 0) is 25.8 Å². The number of hydrogen-bond acceptors (Lipinski definition) is 1. The molecule has 0 aliphatic carbocycles. The Morgan fingerprint density at radius 3 is 2.07 bits per heavy atom. The molecule has 28 heavy (non-hydrogen) atoms. The lowest BCUT2D eigenvalue weighted by Gasteiger charge is -2.03. The Labute approximate surface area is 175 Å². The minimum absolute atomic E-state index is 1.14. The van der Waals surface area contributed by atoms with E-state index in [0.29, 0.717) is 0 Å². The number of hydrogen-bond donors (Lipinski definition) is 0. The van der Waals surface area contributed by atoms with Crippen molar-refractivity contribution in [2.45, 2.75) is 71.8 Å². The molecule has 0 aliphatic rings. The van der Waals surface area contributed by atoms with E-state index in [2.05, 4.69) is 79.3 Å². The van der Waals surface area contributed by atoms with Crippen LogP contribution in [0, 0.1) is 13.8 Å². The molecule has 2 heterocycles. The normalized spacial score (nSPS) is 11.1. The molecule has 0 unspecified atom stereocenters. The highest BCUT2D eigenvalue weighted by molar-refractivity contribution is 7.12. The fraction of sp³-hybridized carbons (Fsp3) is 0.423. The van der Waals surface area contributed by atoms with Crippen molar-refractivity contribution in [3.8, 4) is 0 Å². The Balaban J connectivity index is 1.28. The molecule has 0 fully saturated rings. The fourth-order valence-corrected chi connectivity index (χ4v) is 4.82. The molecule has 0 aliphatic heterocycles. The number of aryl methyl sites for hydroxylation is 6. The van der Waals surface area contributed by atoms with E-state index in [1.165, 1.54) is 65.8 Å². The summed E-state index contributed by atoms with van der Waals surface area (Å²) in [4.78, 5) is 2.96. The van der Waals surface area contributed by atoms with Crippen LogP contribution in [0.2, 0.25) is 0 Å². The monoisotopic (exact) mass is 392 g/mol. The molecule has 0 bridgehead atoms. The molecule has 2 aromatic heterocycles. The Morgan fingerprint density at radius 2 is 1.39 bits per heavy atom. The zero-order valence-corrected chi connectivity index (χ0v) is 18.3. The van der Waals surface area contributed by atoms with Gasteiger partial charge in [0.1, 0.15) is 6.54 Å². The zero-order chi connectivity index (χ0) is 19.6. The van der Waals surface area contributed by atoms with Gasteiger partial charge in [-0.3, -0.25) is 0 Å². The van der Waals surface area contributed by atoms with Gasteiger partial charge < -0.3 is 0 Å². The van der Waals surface area contributed by atoms with Crippen molar-refractivity contribution in [3.05, 3.63) is 87.4 Å². The lowest BCUT2D eigenvalue weighted by Crippen LogP contribution is -2.32. The van der Waals surface area contributed by atoms with E-state index in [0.717, 1.165) is 13.0 Å². The van der Waals surface area contributed by atoms with Crippen molar-refractivity contribution in [3.63, 3.8) is 0 Å². The lowest BCUT2D eigenvalue weighted by molar-refractivity contribution is -0.697. The molecule has 0 amide bonds. The highest BCUT2D eigenvalue weighted by Crippen LogP contribution is 2.22. The van der Waals surface area contributed by atoms with Gasteiger partial charge in [0.25, 0.3) is 0 Å². The van der Waals surface area contributed by atoms with Crippen LogP contribution in [0.1, 0.15) is 58.5 Å². The van der Waals surface area contributed by atoms with Gasteiger partial charge in [-0.25, -0.2) is 4.57 Å². The number of nitrogens with zero attached hydrogens (tertiary/aromatic N) is 1. The molecule has 148 valence electrons. The molecule has 0 spiro atoms. The second-order valence-corrected chi connectivity index (χ2v) is 9.35. The predicted octanol–water partition coefficient (Wildman–Crippen LogP) is 6.63. The standard InChI is InChI=1S/C26H34NS/c1-22-21-26(23(2)28-22)15-8-3-4-9-18-27-19-16-25(17-20-27)14-10-13-24-11-6-5-7-12-24/h5-7,11-12,16-17,19-21H,3-4,8-10,13-15,18H2,1-2H3/q+1. The van der Waals surface area contributed by atoms with E-state index >= 15 is 0 Å². The summed E-state index contributed by atoms with van der Waals surface area (Å²) in [7, 11) is 0. The Bertz CT molecular complexity index is 817. The van der Waals surface area contributed by atoms with E-state index in [9.17, 15) is 0 Å². The number of unbranched alkanes of at least 4 members (excludes halogenated alkanes) is 3. The molecule has 2 heteroatoms. The van der Waals surface area contributed by atoms with Gasteiger partial charge in [0.05, 0.1) is 0 Å². The highest BCUT2D eigenvalue weighted by Gasteiger charge is 2.04. The van der Waals surface area contributed by atoms with Crippen LogP contribution >= 0.6 is 11.3 Å². The van der Waals surface area contributed by atoms with Crippen LogP contribution < -0.4 is 4.57 Å². The summed E-state index contributed by atoms with van der Waals surface area (Å²) in [5.41, 5.74) is 4.46. The van der Waals surface area contributed by atoms with Gasteiger partial charge in [-0.15, -0.1) is 11.3 Å². The minimum Gasteiger partial charge on any atom is -0.205 e. The van der Waals surface area contributed by atoms with E-state index in [4.69, 9.17) is 0 Å². The van der Waals surface area contributed by atoms with Crippen molar-refractivity contribution >= 4 is 11.3 Å². The van der Waals surface area contributed by atoms with Crippen molar-refractivity contribution in [1.29, 1.82) is 0 Å². The molecule has 0 saturated carbocycles. The lowest BCUT2D eigenvalue weighted by atomic mass is 10.0. The topological polar surface area (TPSA) is 3.88 Å². The first-order chi connectivity index (χ1) is 13.7. The predicted molar refractivity (Wildman–Crippen MR) is 121 cm³/mol. The summed E-state index contributed by atoms with van der Waals surface area (Å²) in [5.74, 6) is 0. The number of aromatic nitrogens is 1. The van der Waals surface area contributed by atoms with Gasteiger partial charge in [-0.2, -0.15) is 0 Å². The van der Waals surface area contributed by atoms with E-state index in [-0.39, 0.29) is 0 Å². The largest absolute Gasteiger partial charge is 0.205 e. The number of thiophene rings is 1. The molecule has 3 rings (SSSR count). The average molecular weight is 393 g/mol. The van der Waals surface area contributed by atoms with Crippen LogP contribution in [0.4, 0.5) is 0 Å². The summed E-state index contributed by atoms with van der Waals surface area (Å²) in [6.07, 6.45) is 14.6. The first kappa shape index (κ1) is 20.8. The van der Waals surface area contributed by atoms with E-state index < -0.39 is 0 Å². The molecular weight excluding hydrogens is 358 g/mol. The van der Waals surface area contributed by atoms with Gasteiger partial charge >= 0.3 is 0 Å². The Morgan fingerprint density at radius 1 is 0.714 bits per heavy atom. The van der Waals surface area contributed by atoms with E-state index in [1.54, 1.807) is 5.56 Å². The maximum atomic E-state index is 2.37. The van der Waals surface area contributed by atoms with Crippen LogP contribution in [0.5, 0.6) is 0 Å². The van der Waals surface area contributed by atoms with Crippen LogP contribution in [0.25, 0.3) is 0 Å². The molecular formula is C26H34NS+. The van der Waals surface area contributed by atoms with Gasteiger partial charge in [0, 0.05) is 28.3 Å². The molecule has 0 radical (unpaired) electrons. The fourth-order valence-electron chi connectivity index (χ4n) is 3.84. The van der Waals surface area contributed by atoms with E-state index in [1.807, 2.05) is 11.3 Å².